The number of aromatic nitrogens is 4. The predicted molar refractivity (Wildman–Crippen MR) is 69.3 cm³/mol. The van der Waals surface area contributed by atoms with E-state index in [-0.39, 0.29) is 0 Å². The van der Waals surface area contributed by atoms with E-state index in [1.807, 2.05) is 54.2 Å². The van der Waals surface area contributed by atoms with Crippen molar-refractivity contribution in [3.05, 3.63) is 60.7 Å². The second-order valence-corrected chi connectivity index (χ2v) is 4.02. The standard InChI is InChI=1S/C14H12N4/c1-11-7-9-15-14(17-11)12-3-5-13(6-4-12)18-10-2-8-16-18/h2-10H,1H3. The summed E-state index contributed by atoms with van der Waals surface area (Å²) < 4.78 is 1.82. The predicted octanol–water partition coefficient (Wildman–Crippen LogP) is 2.64. The maximum absolute atomic E-state index is 4.40. The van der Waals surface area contributed by atoms with Crippen LogP contribution >= 0.6 is 0 Å². The lowest BCUT2D eigenvalue weighted by molar-refractivity contribution is 0.880. The highest BCUT2D eigenvalue weighted by Crippen LogP contribution is 2.17. The Morgan fingerprint density at radius 2 is 1.83 bits per heavy atom. The third-order valence-corrected chi connectivity index (χ3v) is 2.69. The van der Waals surface area contributed by atoms with Crippen LogP contribution in [0.5, 0.6) is 0 Å². The van der Waals surface area contributed by atoms with Crippen molar-refractivity contribution >= 4 is 0 Å². The monoisotopic (exact) mass is 236 g/mol. The Labute approximate surface area is 105 Å². The second-order valence-electron chi connectivity index (χ2n) is 4.02. The summed E-state index contributed by atoms with van der Waals surface area (Å²) in [5.74, 6) is 0.752. The fraction of sp³-hybridized carbons (Fsp3) is 0.0714. The van der Waals surface area contributed by atoms with Gasteiger partial charge in [-0.3, -0.25) is 0 Å². The lowest BCUT2D eigenvalue weighted by Crippen LogP contribution is -1.95. The summed E-state index contributed by atoms with van der Waals surface area (Å²) in [6, 6.07) is 11.8. The van der Waals surface area contributed by atoms with Crippen molar-refractivity contribution in [2.45, 2.75) is 6.92 Å². The molecular formula is C14H12N4. The van der Waals surface area contributed by atoms with Gasteiger partial charge in [-0.15, -0.1) is 0 Å². The van der Waals surface area contributed by atoms with Crippen LogP contribution in [0.3, 0.4) is 0 Å². The summed E-state index contributed by atoms with van der Waals surface area (Å²) in [7, 11) is 0. The maximum Gasteiger partial charge on any atom is 0.159 e. The van der Waals surface area contributed by atoms with Crippen LogP contribution in [0.15, 0.2) is 55.0 Å². The molecule has 0 saturated heterocycles. The Hall–Kier alpha value is -2.49. The number of nitrogens with zero attached hydrogens (tertiary/aromatic N) is 4. The molecule has 4 heteroatoms. The van der Waals surface area contributed by atoms with Gasteiger partial charge in [0, 0.05) is 29.8 Å². The summed E-state index contributed by atoms with van der Waals surface area (Å²) in [4.78, 5) is 8.67. The highest BCUT2D eigenvalue weighted by atomic mass is 15.3. The molecule has 0 bridgehead atoms. The van der Waals surface area contributed by atoms with Crippen LogP contribution in [-0.4, -0.2) is 19.7 Å². The molecule has 0 aliphatic carbocycles. The van der Waals surface area contributed by atoms with E-state index in [1.165, 1.54) is 0 Å². The molecule has 0 amide bonds. The Bertz CT molecular complexity index is 642. The molecule has 2 heterocycles. The van der Waals surface area contributed by atoms with Gasteiger partial charge in [-0.1, -0.05) is 0 Å². The zero-order valence-corrected chi connectivity index (χ0v) is 9.99. The number of hydrogen-bond acceptors (Lipinski definition) is 3. The quantitative estimate of drug-likeness (QED) is 0.687. The third-order valence-electron chi connectivity index (χ3n) is 2.69. The summed E-state index contributed by atoms with van der Waals surface area (Å²) in [5.41, 5.74) is 3.00. The van der Waals surface area contributed by atoms with Gasteiger partial charge in [-0.2, -0.15) is 5.10 Å². The second kappa shape index (κ2) is 4.41. The van der Waals surface area contributed by atoms with Gasteiger partial charge in [-0.05, 0) is 43.3 Å². The van der Waals surface area contributed by atoms with Crippen molar-refractivity contribution in [1.82, 2.24) is 19.7 Å². The molecule has 0 spiro atoms. The Morgan fingerprint density at radius 3 is 2.50 bits per heavy atom. The fourth-order valence-electron chi connectivity index (χ4n) is 1.77. The maximum atomic E-state index is 4.40. The minimum Gasteiger partial charge on any atom is -0.241 e. The molecule has 2 aromatic heterocycles. The van der Waals surface area contributed by atoms with E-state index in [0.29, 0.717) is 0 Å². The lowest BCUT2D eigenvalue weighted by atomic mass is 10.2. The van der Waals surface area contributed by atoms with E-state index in [0.717, 1.165) is 22.8 Å². The average Bonchev–Trinajstić information content (AvgIpc) is 2.93. The van der Waals surface area contributed by atoms with E-state index < -0.39 is 0 Å². The highest BCUT2D eigenvalue weighted by Gasteiger charge is 2.02. The van der Waals surface area contributed by atoms with Crippen LogP contribution in [0.2, 0.25) is 0 Å². The largest absolute Gasteiger partial charge is 0.241 e. The molecule has 0 radical (unpaired) electrons. The van der Waals surface area contributed by atoms with Gasteiger partial charge in [0.15, 0.2) is 5.82 Å². The highest BCUT2D eigenvalue weighted by molar-refractivity contribution is 5.57. The Morgan fingerprint density at radius 1 is 1.00 bits per heavy atom. The summed E-state index contributed by atoms with van der Waals surface area (Å²) in [5, 5.41) is 4.19. The Kier molecular flexibility index (Phi) is 2.61. The number of aryl methyl sites for hydroxylation is 1. The van der Waals surface area contributed by atoms with Gasteiger partial charge in [0.2, 0.25) is 0 Å². The molecule has 1 aromatic carbocycles. The van der Waals surface area contributed by atoms with Crippen LogP contribution in [0, 0.1) is 6.92 Å². The topological polar surface area (TPSA) is 43.6 Å². The molecular weight excluding hydrogens is 224 g/mol. The van der Waals surface area contributed by atoms with Crippen molar-refractivity contribution in [3.8, 4) is 17.1 Å². The first kappa shape index (κ1) is 10.7. The van der Waals surface area contributed by atoms with Crippen molar-refractivity contribution in [2.24, 2.45) is 0 Å². The normalized spacial score (nSPS) is 10.5. The summed E-state index contributed by atoms with van der Waals surface area (Å²) in [6.45, 7) is 1.96. The van der Waals surface area contributed by atoms with E-state index in [1.54, 1.807) is 12.4 Å². The zero-order valence-electron chi connectivity index (χ0n) is 9.99. The first-order valence-corrected chi connectivity index (χ1v) is 5.73. The number of benzene rings is 1. The molecule has 4 nitrogen and oxygen atoms in total. The minimum atomic E-state index is 0.752. The van der Waals surface area contributed by atoms with Gasteiger partial charge in [0.1, 0.15) is 0 Å². The molecule has 18 heavy (non-hydrogen) atoms. The minimum absolute atomic E-state index is 0.752. The molecule has 0 N–H and O–H groups in total. The lowest BCUT2D eigenvalue weighted by Gasteiger charge is -2.04. The van der Waals surface area contributed by atoms with Crippen LogP contribution in [0.1, 0.15) is 5.69 Å². The van der Waals surface area contributed by atoms with Crippen molar-refractivity contribution < 1.29 is 0 Å². The van der Waals surface area contributed by atoms with E-state index in [2.05, 4.69) is 15.1 Å². The van der Waals surface area contributed by atoms with E-state index in [9.17, 15) is 0 Å². The van der Waals surface area contributed by atoms with Gasteiger partial charge < -0.3 is 0 Å². The van der Waals surface area contributed by atoms with Crippen LogP contribution in [-0.2, 0) is 0 Å². The van der Waals surface area contributed by atoms with Crippen LogP contribution in [0.4, 0.5) is 0 Å². The molecule has 0 unspecified atom stereocenters. The Balaban J connectivity index is 1.96. The molecule has 0 aliphatic rings. The van der Waals surface area contributed by atoms with Crippen molar-refractivity contribution in [2.75, 3.05) is 0 Å². The van der Waals surface area contributed by atoms with E-state index >= 15 is 0 Å². The van der Waals surface area contributed by atoms with Crippen molar-refractivity contribution in [1.29, 1.82) is 0 Å². The van der Waals surface area contributed by atoms with Gasteiger partial charge >= 0.3 is 0 Å². The molecule has 0 aliphatic heterocycles. The number of hydrogen-bond donors (Lipinski definition) is 0. The zero-order chi connectivity index (χ0) is 12.4. The summed E-state index contributed by atoms with van der Waals surface area (Å²) in [6.07, 6.45) is 5.45. The average molecular weight is 236 g/mol. The summed E-state index contributed by atoms with van der Waals surface area (Å²) >= 11 is 0. The van der Waals surface area contributed by atoms with Crippen LogP contribution in [0.25, 0.3) is 17.1 Å². The molecule has 0 saturated carbocycles. The first-order valence-electron chi connectivity index (χ1n) is 5.73. The van der Waals surface area contributed by atoms with Gasteiger partial charge in [-0.25, -0.2) is 14.6 Å². The van der Waals surface area contributed by atoms with Crippen molar-refractivity contribution in [3.63, 3.8) is 0 Å². The van der Waals surface area contributed by atoms with E-state index in [4.69, 9.17) is 0 Å². The van der Waals surface area contributed by atoms with Gasteiger partial charge in [0.05, 0.1) is 5.69 Å². The SMILES string of the molecule is Cc1ccnc(-c2ccc(-n3cccn3)cc2)n1. The molecule has 88 valence electrons. The molecule has 0 fully saturated rings. The fourth-order valence-corrected chi connectivity index (χ4v) is 1.77. The number of rotatable bonds is 2. The smallest absolute Gasteiger partial charge is 0.159 e. The molecule has 3 aromatic rings. The van der Waals surface area contributed by atoms with Crippen LogP contribution < -0.4 is 0 Å². The first-order chi connectivity index (χ1) is 8.83. The van der Waals surface area contributed by atoms with Gasteiger partial charge in [0.25, 0.3) is 0 Å². The molecule has 0 atom stereocenters. The third kappa shape index (κ3) is 2.00. The molecule has 3 rings (SSSR count).